The van der Waals surface area contributed by atoms with Crippen molar-refractivity contribution in [2.45, 2.75) is 26.1 Å². The minimum atomic E-state index is -0.585. The van der Waals surface area contributed by atoms with Gasteiger partial charge in [-0.15, -0.1) is 36.3 Å². The zero-order valence-corrected chi connectivity index (χ0v) is 18.4. The van der Waals surface area contributed by atoms with Gasteiger partial charge >= 0.3 is 0 Å². The van der Waals surface area contributed by atoms with Crippen molar-refractivity contribution < 1.29 is 51.1 Å². The van der Waals surface area contributed by atoms with Crippen molar-refractivity contribution in [3.05, 3.63) is 69.5 Å². The van der Waals surface area contributed by atoms with Gasteiger partial charge in [-0.25, -0.2) is 0 Å². The first kappa shape index (κ1) is 32.9. The molecule has 26 heavy (non-hydrogen) atoms. The van der Waals surface area contributed by atoms with Gasteiger partial charge in [-0.3, -0.25) is 0 Å². The third-order valence-electron chi connectivity index (χ3n) is 2.79. The van der Waals surface area contributed by atoms with Gasteiger partial charge in [0.1, 0.15) is 0 Å². The number of hydrogen-bond acceptors (Lipinski definition) is 6. The second-order valence-electron chi connectivity index (χ2n) is 4.50. The smallest absolute Gasteiger partial charge is 0.0979 e. The van der Waals surface area contributed by atoms with Crippen LogP contribution in [0.15, 0.2) is 69.4 Å². The summed E-state index contributed by atoms with van der Waals surface area (Å²) >= 11 is 0. The van der Waals surface area contributed by atoms with Gasteiger partial charge < -0.3 is 30.9 Å². The Bertz CT molecular complexity index is 618. The van der Waals surface area contributed by atoms with E-state index in [2.05, 4.69) is 21.8 Å². The van der Waals surface area contributed by atoms with Crippen LogP contribution in [0.3, 0.4) is 0 Å². The second-order valence-corrected chi connectivity index (χ2v) is 4.50. The van der Waals surface area contributed by atoms with Crippen LogP contribution in [0.5, 0.6) is 0 Å². The van der Waals surface area contributed by atoms with Gasteiger partial charge in [0.2, 0.25) is 0 Å². The van der Waals surface area contributed by atoms with Crippen molar-refractivity contribution in [3.8, 4) is 0 Å². The number of allylic oxidation sites excluding steroid dienone is 2. The standard InChI is InChI=1S/2C8H9NO2.2ClH.2Pd/c2*1-6(9-11)7-2-4-8(10)5-3-7;;;;/h2*2,4-5,8,10-11H,1H3;2*1H;;/p-2. The molecule has 2 atom stereocenters. The average Bonchev–Trinajstić information content (AvgIpc) is 2.55. The van der Waals surface area contributed by atoms with Crippen LogP contribution in [-0.2, 0) is 40.8 Å². The first-order valence-corrected chi connectivity index (χ1v) is 6.48. The summed E-state index contributed by atoms with van der Waals surface area (Å²) < 4.78 is 0. The normalized spacial score (nSPS) is 20.0. The van der Waals surface area contributed by atoms with Crippen LogP contribution in [0, 0.1) is 10.4 Å². The summed E-state index contributed by atoms with van der Waals surface area (Å²) in [5.41, 5.74) is 7.51. The molecule has 0 aliphatic heterocycles. The van der Waals surface area contributed by atoms with E-state index in [1.54, 1.807) is 38.2 Å². The topological polar surface area (TPSA) is 111 Å². The van der Waals surface area contributed by atoms with E-state index in [1.165, 1.54) is 12.2 Å². The third kappa shape index (κ3) is 11.8. The van der Waals surface area contributed by atoms with E-state index in [1.807, 2.05) is 0 Å². The van der Waals surface area contributed by atoms with E-state index >= 15 is 0 Å². The molecule has 152 valence electrons. The van der Waals surface area contributed by atoms with Gasteiger partial charge in [0, 0.05) is 63.4 Å². The monoisotopic (exact) mass is 584 g/mol. The summed E-state index contributed by atoms with van der Waals surface area (Å²) in [6.45, 7) is 3.20. The van der Waals surface area contributed by atoms with Gasteiger partial charge in [-0.05, 0) is 38.2 Å². The Hall–Kier alpha value is -0.715. The van der Waals surface area contributed by atoms with Crippen LogP contribution in [0.25, 0.3) is 0 Å². The molecule has 2 rings (SSSR count). The minimum Gasteiger partial charge on any atom is -0.792 e. The molecule has 0 aromatic carbocycles. The van der Waals surface area contributed by atoms with Gasteiger partial charge in [0.25, 0.3) is 0 Å². The molecule has 2 N–H and O–H groups in total. The van der Waals surface area contributed by atoms with Crippen LogP contribution in [-0.4, -0.2) is 33.8 Å². The van der Waals surface area contributed by atoms with Crippen molar-refractivity contribution in [3.63, 3.8) is 0 Å². The molecule has 0 saturated carbocycles. The number of rotatable bonds is 2. The molecule has 0 fully saturated rings. The van der Waals surface area contributed by atoms with Crippen molar-refractivity contribution in [1.29, 1.82) is 0 Å². The van der Waals surface area contributed by atoms with E-state index in [0.29, 0.717) is 22.6 Å². The van der Waals surface area contributed by atoms with E-state index in [0.717, 1.165) is 0 Å². The molecule has 0 spiro atoms. The molecule has 10 heteroatoms. The quantitative estimate of drug-likeness (QED) is 0.225. The van der Waals surface area contributed by atoms with Crippen LogP contribution in [0.4, 0.5) is 0 Å². The average molecular weight is 586 g/mol. The maximum atomic E-state index is 10.0. The van der Waals surface area contributed by atoms with Crippen molar-refractivity contribution in [1.82, 2.24) is 0 Å². The van der Waals surface area contributed by atoms with Gasteiger partial charge in [0.05, 0.1) is 12.2 Å². The number of hydrogen-bond donors (Lipinski definition) is 2. The molecule has 0 saturated heterocycles. The predicted octanol–water partition coefficient (Wildman–Crippen LogP) is 2.75. The molecule has 2 aliphatic carbocycles. The SMILES string of the molecule is CC(=N[O-])C1=C=CC(O)C=C1.CC(=N[O-])C1=C=CC(O)C=C1.Cl.Cl.[Pd].[Pd]. The third-order valence-corrected chi connectivity index (χ3v) is 2.79. The number of aliphatic hydroxyl groups excluding tert-OH is 2. The van der Waals surface area contributed by atoms with Crippen LogP contribution < -0.4 is 0 Å². The molecule has 2 aliphatic rings. The molecule has 0 aromatic rings. The van der Waals surface area contributed by atoms with Crippen LogP contribution in [0.1, 0.15) is 13.8 Å². The van der Waals surface area contributed by atoms with Crippen molar-refractivity contribution in [2.24, 2.45) is 10.3 Å². The summed E-state index contributed by atoms with van der Waals surface area (Å²) in [5, 5.41) is 43.4. The van der Waals surface area contributed by atoms with Crippen LogP contribution in [0.2, 0.25) is 0 Å². The predicted molar refractivity (Wildman–Crippen MR) is 101 cm³/mol. The number of aliphatic hydroxyl groups is 2. The Morgan fingerprint density at radius 2 is 1.15 bits per heavy atom. The van der Waals surface area contributed by atoms with E-state index in [9.17, 15) is 10.4 Å². The Labute approximate surface area is 192 Å². The summed E-state index contributed by atoms with van der Waals surface area (Å²) in [4.78, 5) is 0. The molecule has 0 heterocycles. The fourth-order valence-corrected chi connectivity index (χ4v) is 1.50. The molecular formula is C16H18Cl2N2O4Pd2-2. The fraction of sp³-hybridized carbons (Fsp3) is 0.250. The summed E-state index contributed by atoms with van der Waals surface area (Å²) in [5.74, 6) is 0. The number of halogens is 2. The summed E-state index contributed by atoms with van der Waals surface area (Å²) in [6, 6.07) is 0. The molecule has 6 nitrogen and oxygen atoms in total. The Kier molecular flexibility index (Phi) is 22.4. The van der Waals surface area contributed by atoms with Crippen molar-refractivity contribution in [2.75, 3.05) is 0 Å². The zero-order valence-electron chi connectivity index (χ0n) is 13.7. The Morgan fingerprint density at radius 1 is 0.846 bits per heavy atom. The first-order chi connectivity index (χ1) is 10.5. The molecule has 0 radical (unpaired) electrons. The minimum absolute atomic E-state index is 0. The summed E-state index contributed by atoms with van der Waals surface area (Å²) in [7, 11) is 0. The van der Waals surface area contributed by atoms with Crippen LogP contribution >= 0.6 is 24.8 Å². The molecule has 0 amide bonds. The molecule has 0 bridgehead atoms. The first-order valence-electron chi connectivity index (χ1n) is 6.48. The maximum absolute atomic E-state index is 10.0. The van der Waals surface area contributed by atoms with Gasteiger partial charge in [0.15, 0.2) is 0 Å². The molecule has 0 aromatic heterocycles. The molecular weight excluding hydrogens is 568 g/mol. The van der Waals surface area contributed by atoms with Gasteiger partial charge in [-0.1, -0.05) is 12.2 Å². The largest absolute Gasteiger partial charge is 0.792 e. The fourth-order valence-electron chi connectivity index (χ4n) is 1.50. The zero-order chi connectivity index (χ0) is 16.5. The second kappa shape index (κ2) is 17.7. The van der Waals surface area contributed by atoms with Crippen molar-refractivity contribution >= 4 is 36.2 Å². The Morgan fingerprint density at radius 3 is 1.35 bits per heavy atom. The maximum Gasteiger partial charge on any atom is 0.0979 e. The van der Waals surface area contributed by atoms with E-state index in [-0.39, 0.29) is 65.7 Å². The number of nitrogens with zero attached hydrogens (tertiary/aromatic N) is 2. The van der Waals surface area contributed by atoms with E-state index in [4.69, 9.17) is 10.2 Å². The van der Waals surface area contributed by atoms with Gasteiger partial charge in [-0.2, -0.15) is 0 Å². The molecule has 2 unspecified atom stereocenters. The summed E-state index contributed by atoms with van der Waals surface area (Å²) in [6.07, 6.45) is 8.18. The Balaban J connectivity index is -0.000000161. The van der Waals surface area contributed by atoms with E-state index < -0.39 is 12.2 Å².